The highest BCUT2D eigenvalue weighted by molar-refractivity contribution is 5.91. The fourth-order valence-corrected chi connectivity index (χ4v) is 4.79. The fourth-order valence-electron chi connectivity index (χ4n) is 4.79. The van der Waals surface area contributed by atoms with E-state index in [2.05, 4.69) is 9.88 Å². The quantitative estimate of drug-likeness (QED) is 0.444. The lowest BCUT2D eigenvalue weighted by molar-refractivity contribution is -0.139. The molecule has 1 saturated heterocycles. The summed E-state index contributed by atoms with van der Waals surface area (Å²) in [5.41, 5.74) is 3.40. The summed E-state index contributed by atoms with van der Waals surface area (Å²) in [6.07, 6.45) is -3.29. The van der Waals surface area contributed by atoms with Crippen LogP contribution in [0, 0.1) is 6.92 Å². The largest absolute Gasteiger partial charge is 0.507 e. The SMILES string of the molecule is COc1cc(C)c2[nH]ccc2c1CN1CCN(CCC(F)(F)F)CC1c1ccc(C(=O)O)c(O)c1. The van der Waals surface area contributed by atoms with E-state index in [1.807, 2.05) is 25.3 Å². The number of ether oxygens (including phenoxy) is 1. The number of aryl methyl sites for hydroxylation is 1. The highest BCUT2D eigenvalue weighted by Gasteiger charge is 2.33. The molecule has 0 aliphatic carbocycles. The van der Waals surface area contributed by atoms with E-state index in [4.69, 9.17) is 4.74 Å². The molecule has 3 N–H and O–H groups in total. The number of carbonyl (C=O) groups is 1. The van der Waals surface area contributed by atoms with Gasteiger partial charge in [-0.05, 0) is 42.3 Å². The lowest BCUT2D eigenvalue weighted by atomic mass is 9.97. The molecular weight excluding hydrogens is 463 g/mol. The van der Waals surface area contributed by atoms with Crippen LogP contribution in [0.4, 0.5) is 13.2 Å². The zero-order valence-electron chi connectivity index (χ0n) is 19.5. The Hall–Kier alpha value is -3.24. The molecule has 0 saturated carbocycles. The van der Waals surface area contributed by atoms with Gasteiger partial charge in [0.05, 0.1) is 13.5 Å². The molecule has 10 heteroatoms. The Morgan fingerprint density at radius 1 is 1.23 bits per heavy atom. The number of benzene rings is 2. The molecule has 2 heterocycles. The van der Waals surface area contributed by atoms with E-state index >= 15 is 0 Å². The molecule has 2 aromatic carbocycles. The van der Waals surface area contributed by atoms with Crippen LogP contribution < -0.4 is 4.74 Å². The first kappa shape index (κ1) is 24.9. The number of phenols is 1. The molecule has 0 radical (unpaired) electrons. The number of nitrogens with one attached hydrogen (secondary N) is 1. The summed E-state index contributed by atoms with van der Waals surface area (Å²) in [6, 6.07) is 7.92. The van der Waals surface area contributed by atoms with Gasteiger partial charge in [-0.3, -0.25) is 9.80 Å². The van der Waals surface area contributed by atoms with Gasteiger partial charge in [0.1, 0.15) is 17.1 Å². The Balaban J connectivity index is 1.68. The van der Waals surface area contributed by atoms with Crippen molar-refractivity contribution in [1.29, 1.82) is 0 Å². The summed E-state index contributed by atoms with van der Waals surface area (Å²) < 4.78 is 44.2. The third-order valence-electron chi connectivity index (χ3n) is 6.62. The maximum Gasteiger partial charge on any atom is 0.390 e. The number of carboxylic acid groups (broad SMARTS) is 1. The van der Waals surface area contributed by atoms with Crippen LogP contribution in [0.5, 0.6) is 11.5 Å². The van der Waals surface area contributed by atoms with Crippen LogP contribution in [0.1, 0.15) is 39.5 Å². The van der Waals surface area contributed by atoms with Crippen LogP contribution in [-0.4, -0.2) is 70.4 Å². The number of H-pyrrole nitrogens is 1. The van der Waals surface area contributed by atoms with E-state index in [9.17, 15) is 28.2 Å². The molecule has 0 bridgehead atoms. The summed E-state index contributed by atoms with van der Waals surface area (Å²) in [5, 5.41) is 20.5. The first-order valence-electron chi connectivity index (χ1n) is 11.3. The molecule has 1 unspecified atom stereocenters. The third kappa shape index (κ3) is 5.38. The highest BCUT2D eigenvalue weighted by atomic mass is 19.4. The number of aromatic hydroxyl groups is 1. The number of aromatic amines is 1. The van der Waals surface area contributed by atoms with Crippen molar-refractivity contribution in [3.05, 3.63) is 58.8 Å². The third-order valence-corrected chi connectivity index (χ3v) is 6.62. The summed E-state index contributed by atoms with van der Waals surface area (Å²) >= 11 is 0. The van der Waals surface area contributed by atoms with Crippen molar-refractivity contribution >= 4 is 16.9 Å². The van der Waals surface area contributed by atoms with Gasteiger partial charge >= 0.3 is 12.1 Å². The zero-order chi connectivity index (χ0) is 25.3. The summed E-state index contributed by atoms with van der Waals surface area (Å²) in [6.45, 7) is 3.59. The van der Waals surface area contributed by atoms with Crippen molar-refractivity contribution in [1.82, 2.24) is 14.8 Å². The predicted molar refractivity (Wildman–Crippen MR) is 125 cm³/mol. The number of aromatic nitrogens is 1. The molecule has 1 aliphatic heterocycles. The van der Waals surface area contributed by atoms with Gasteiger partial charge in [0.15, 0.2) is 0 Å². The van der Waals surface area contributed by atoms with Gasteiger partial charge in [0.2, 0.25) is 0 Å². The van der Waals surface area contributed by atoms with Crippen LogP contribution in [0.15, 0.2) is 36.5 Å². The molecule has 1 fully saturated rings. The van der Waals surface area contributed by atoms with Crippen molar-refractivity contribution < 1.29 is 32.9 Å². The first-order valence-corrected chi connectivity index (χ1v) is 11.3. The standard InChI is InChI=1S/C25H28F3N3O4/c1-15-11-22(35-2)19(17-5-7-29-23(15)17)13-31-10-9-30(8-6-25(26,27)28)14-20(31)16-3-4-18(24(33)34)21(32)12-16/h3-5,7,11-12,20,29,32H,6,8-10,13-14H2,1-2H3,(H,33,34). The maximum absolute atomic E-state index is 12.9. The number of carboxylic acids is 1. The minimum Gasteiger partial charge on any atom is -0.507 e. The number of hydrogen-bond acceptors (Lipinski definition) is 5. The molecule has 35 heavy (non-hydrogen) atoms. The summed E-state index contributed by atoms with van der Waals surface area (Å²) in [4.78, 5) is 18.5. The second-order valence-electron chi connectivity index (χ2n) is 8.87. The summed E-state index contributed by atoms with van der Waals surface area (Å²) in [5.74, 6) is -0.902. The second kappa shape index (κ2) is 9.79. The van der Waals surface area contributed by atoms with Gasteiger partial charge in [0.25, 0.3) is 0 Å². The number of hydrogen-bond donors (Lipinski definition) is 3. The monoisotopic (exact) mass is 491 g/mol. The molecule has 3 aromatic rings. The van der Waals surface area contributed by atoms with Crippen molar-refractivity contribution in [2.24, 2.45) is 0 Å². The number of aromatic carboxylic acids is 1. The molecular formula is C25H28F3N3O4. The molecule has 0 amide bonds. The normalized spacial score (nSPS) is 17.7. The Labute approximate surface area is 200 Å². The number of methoxy groups -OCH3 is 1. The Morgan fingerprint density at radius 3 is 2.66 bits per heavy atom. The zero-order valence-corrected chi connectivity index (χ0v) is 19.5. The van der Waals surface area contributed by atoms with E-state index in [-0.39, 0.29) is 23.9 Å². The van der Waals surface area contributed by atoms with Crippen LogP contribution in [-0.2, 0) is 6.54 Å². The molecule has 1 aromatic heterocycles. The van der Waals surface area contributed by atoms with Gasteiger partial charge in [-0.1, -0.05) is 6.07 Å². The van der Waals surface area contributed by atoms with E-state index in [0.29, 0.717) is 31.7 Å². The number of halogens is 3. The van der Waals surface area contributed by atoms with Gasteiger partial charge in [0, 0.05) is 61.4 Å². The molecule has 188 valence electrons. The van der Waals surface area contributed by atoms with Crippen LogP contribution >= 0.6 is 0 Å². The van der Waals surface area contributed by atoms with Crippen molar-refractivity contribution in [3.8, 4) is 11.5 Å². The van der Waals surface area contributed by atoms with E-state index < -0.39 is 18.6 Å². The lowest BCUT2D eigenvalue weighted by Gasteiger charge is -2.42. The van der Waals surface area contributed by atoms with Crippen LogP contribution in [0.2, 0.25) is 0 Å². The van der Waals surface area contributed by atoms with Crippen molar-refractivity contribution in [3.63, 3.8) is 0 Å². The van der Waals surface area contributed by atoms with Gasteiger partial charge in [-0.2, -0.15) is 13.2 Å². The molecule has 1 aliphatic rings. The topological polar surface area (TPSA) is 89.0 Å². The molecule has 0 spiro atoms. The molecule has 1 atom stereocenters. The molecule has 4 rings (SSSR count). The van der Waals surface area contributed by atoms with Gasteiger partial charge in [-0.25, -0.2) is 4.79 Å². The smallest absolute Gasteiger partial charge is 0.390 e. The average Bonchev–Trinajstić information content (AvgIpc) is 3.30. The van der Waals surface area contributed by atoms with Crippen molar-refractivity contribution in [2.45, 2.75) is 32.1 Å². The Kier molecular flexibility index (Phi) is 6.95. The minimum atomic E-state index is -4.25. The number of alkyl halides is 3. The van der Waals surface area contributed by atoms with Crippen LogP contribution in [0.25, 0.3) is 10.9 Å². The maximum atomic E-state index is 12.9. The molecule has 7 nitrogen and oxygen atoms in total. The first-order chi connectivity index (χ1) is 16.6. The van der Waals surface area contributed by atoms with Gasteiger partial charge in [-0.15, -0.1) is 0 Å². The Morgan fingerprint density at radius 2 is 2.00 bits per heavy atom. The Bertz CT molecular complexity index is 1220. The lowest BCUT2D eigenvalue weighted by Crippen LogP contribution is -2.48. The number of rotatable bonds is 7. The second-order valence-corrected chi connectivity index (χ2v) is 8.87. The number of piperazine rings is 1. The van der Waals surface area contributed by atoms with Crippen LogP contribution in [0.3, 0.4) is 0 Å². The minimum absolute atomic E-state index is 0.122. The average molecular weight is 492 g/mol. The predicted octanol–water partition coefficient (Wildman–Crippen LogP) is 4.70. The van der Waals surface area contributed by atoms with Gasteiger partial charge < -0.3 is 19.9 Å². The highest BCUT2D eigenvalue weighted by Crippen LogP contribution is 2.36. The van der Waals surface area contributed by atoms with E-state index in [1.165, 1.54) is 12.1 Å². The summed E-state index contributed by atoms with van der Waals surface area (Å²) in [7, 11) is 1.60. The van der Waals surface area contributed by atoms with E-state index in [0.717, 1.165) is 27.8 Å². The fraction of sp³-hybridized carbons (Fsp3) is 0.400. The van der Waals surface area contributed by atoms with E-state index in [1.54, 1.807) is 18.1 Å². The number of fused-ring (bicyclic) bond motifs is 1. The van der Waals surface area contributed by atoms with Crippen molar-refractivity contribution in [2.75, 3.05) is 33.3 Å². The number of nitrogens with zero attached hydrogens (tertiary/aromatic N) is 2.